The van der Waals surface area contributed by atoms with Crippen LogP contribution in [0.2, 0.25) is 0 Å². The van der Waals surface area contributed by atoms with Crippen molar-refractivity contribution in [2.24, 2.45) is 0 Å². The molecule has 0 aliphatic carbocycles. The zero-order valence-corrected chi connectivity index (χ0v) is 7.44. The van der Waals surface area contributed by atoms with Crippen LogP contribution in [-0.2, 0) is 9.78 Å². The SMILES string of the molecule is CC1OOC1C.c1ccccc1. The standard InChI is InChI=1S/C6H6.C4H8O2/c1-2-4-6-5-3-1;1-3-4(2)6-5-3/h1-6H;3-4H,1-2H3. The molecular formula is C10H14O2. The molecule has 2 rings (SSSR count). The molecule has 2 nitrogen and oxygen atoms in total. The van der Waals surface area contributed by atoms with E-state index in [1.165, 1.54) is 0 Å². The van der Waals surface area contributed by atoms with E-state index in [9.17, 15) is 0 Å². The molecule has 1 saturated heterocycles. The van der Waals surface area contributed by atoms with Crippen LogP contribution >= 0.6 is 0 Å². The third-order valence-electron chi connectivity index (χ3n) is 1.69. The van der Waals surface area contributed by atoms with Crippen LogP contribution in [0, 0.1) is 0 Å². The van der Waals surface area contributed by atoms with E-state index in [4.69, 9.17) is 0 Å². The fourth-order valence-electron chi connectivity index (χ4n) is 0.663. The Bertz CT molecular complexity index is 164. The van der Waals surface area contributed by atoms with Gasteiger partial charge < -0.3 is 0 Å². The lowest BCUT2D eigenvalue weighted by Gasteiger charge is -2.28. The second-order valence-corrected chi connectivity index (χ2v) is 2.76. The van der Waals surface area contributed by atoms with E-state index in [2.05, 4.69) is 9.78 Å². The highest BCUT2D eigenvalue weighted by Gasteiger charge is 2.24. The van der Waals surface area contributed by atoms with Crippen molar-refractivity contribution >= 4 is 0 Å². The first-order valence-corrected chi connectivity index (χ1v) is 4.13. The van der Waals surface area contributed by atoms with Crippen LogP contribution < -0.4 is 0 Å². The van der Waals surface area contributed by atoms with Crippen molar-refractivity contribution in [1.82, 2.24) is 0 Å². The number of benzene rings is 1. The zero-order chi connectivity index (χ0) is 8.81. The molecule has 2 unspecified atom stereocenters. The zero-order valence-electron chi connectivity index (χ0n) is 7.44. The molecule has 0 N–H and O–H groups in total. The lowest BCUT2D eigenvalue weighted by Crippen LogP contribution is -2.37. The van der Waals surface area contributed by atoms with Gasteiger partial charge in [-0.2, -0.15) is 0 Å². The van der Waals surface area contributed by atoms with Crippen LogP contribution in [0.25, 0.3) is 0 Å². The van der Waals surface area contributed by atoms with Crippen LogP contribution in [0.1, 0.15) is 13.8 Å². The molecule has 1 heterocycles. The van der Waals surface area contributed by atoms with Crippen molar-refractivity contribution in [3.63, 3.8) is 0 Å². The lowest BCUT2D eigenvalue weighted by molar-refractivity contribution is -0.455. The minimum absolute atomic E-state index is 0.310. The minimum atomic E-state index is 0.310. The Morgan fingerprint density at radius 1 is 0.667 bits per heavy atom. The van der Waals surface area contributed by atoms with Gasteiger partial charge in [-0.25, -0.2) is 9.78 Å². The topological polar surface area (TPSA) is 18.5 Å². The highest BCUT2D eigenvalue weighted by atomic mass is 17.2. The van der Waals surface area contributed by atoms with Crippen molar-refractivity contribution < 1.29 is 9.78 Å². The Balaban J connectivity index is 0.000000120. The fraction of sp³-hybridized carbons (Fsp3) is 0.400. The van der Waals surface area contributed by atoms with Gasteiger partial charge in [-0.15, -0.1) is 0 Å². The lowest BCUT2D eigenvalue weighted by atomic mass is 10.2. The van der Waals surface area contributed by atoms with Gasteiger partial charge in [0.05, 0.1) is 0 Å². The van der Waals surface area contributed by atoms with Gasteiger partial charge in [-0.05, 0) is 13.8 Å². The molecule has 1 aromatic carbocycles. The number of hydrogen-bond acceptors (Lipinski definition) is 2. The predicted octanol–water partition coefficient (Wildman–Crippen LogP) is 2.41. The highest BCUT2D eigenvalue weighted by molar-refractivity contribution is 4.99. The second kappa shape index (κ2) is 4.91. The van der Waals surface area contributed by atoms with Gasteiger partial charge >= 0.3 is 0 Å². The van der Waals surface area contributed by atoms with Crippen LogP contribution in [0.4, 0.5) is 0 Å². The summed E-state index contributed by atoms with van der Waals surface area (Å²) in [5, 5.41) is 0. The summed E-state index contributed by atoms with van der Waals surface area (Å²) in [6.45, 7) is 3.96. The van der Waals surface area contributed by atoms with E-state index in [-0.39, 0.29) is 0 Å². The molecule has 1 aliphatic heterocycles. The van der Waals surface area contributed by atoms with Gasteiger partial charge in [-0.3, -0.25) is 0 Å². The van der Waals surface area contributed by atoms with Crippen molar-refractivity contribution in [3.8, 4) is 0 Å². The number of rotatable bonds is 0. The summed E-state index contributed by atoms with van der Waals surface area (Å²) in [6, 6.07) is 12.0. The van der Waals surface area contributed by atoms with E-state index in [0.29, 0.717) is 12.2 Å². The first-order chi connectivity index (χ1) is 5.80. The average molecular weight is 166 g/mol. The molecule has 0 saturated carbocycles. The Morgan fingerprint density at radius 3 is 1.00 bits per heavy atom. The fourth-order valence-corrected chi connectivity index (χ4v) is 0.663. The first-order valence-electron chi connectivity index (χ1n) is 4.13. The maximum atomic E-state index is 4.54. The maximum absolute atomic E-state index is 4.54. The summed E-state index contributed by atoms with van der Waals surface area (Å²) in [7, 11) is 0. The Labute approximate surface area is 73.0 Å². The maximum Gasteiger partial charge on any atom is 0.119 e. The van der Waals surface area contributed by atoms with Crippen molar-refractivity contribution in [3.05, 3.63) is 36.4 Å². The third-order valence-corrected chi connectivity index (χ3v) is 1.69. The largest absolute Gasteiger partial charge is 0.230 e. The molecule has 0 spiro atoms. The monoisotopic (exact) mass is 166 g/mol. The van der Waals surface area contributed by atoms with Crippen LogP contribution in [0.3, 0.4) is 0 Å². The normalized spacial score (nSPS) is 26.5. The van der Waals surface area contributed by atoms with Crippen LogP contribution in [0.5, 0.6) is 0 Å². The Hall–Kier alpha value is -0.860. The molecule has 12 heavy (non-hydrogen) atoms. The van der Waals surface area contributed by atoms with Crippen molar-refractivity contribution in [2.45, 2.75) is 26.1 Å². The first kappa shape index (κ1) is 9.23. The molecule has 2 heteroatoms. The summed E-state index contributed by atoms with van der Waals surface area (Å²) >= 11 is 0. The summed E-state index contributed by atoms with van der Waals surface area (Å²) in [5.41, 5.74) is 0. The average Bonchev–Trinajstić information content (AvgIpc) is 2.19. The molecule has 66 valence electrons. The smallest absolute Gasteiger partial charge is 0.119 e. The van der Waals surface area contributed by atoms with Crippen molar-refractivity contribution in [2.75, 3.05) is 0 Å². The molecule has 1 fully saturated rings. The van der Waals surface area contributed by atoms with E-state index < -0.39 is 0 Å². The molecule has 0 radical (unpaired) electrons. The van der Waals surface area contributed by atoms with E-state index in [1.807, 2.05) is 50.2 Å². The molecule has 1 aromatic rings. The second-order valence-electron chi connectivity index (χ2n) is 2.76. The van der Waals surface area contributed by atoms with Crippen LogP contribution in [-0.4, -0.2) is 12.2 Å². The van der Waals surface area contributed by atoms with Gasteiger partial charge in [0.25, 0.3) is 0 Å². The summed E-state index contributed by atoms with van der Waals surface area (Å²) in [5.74, 6) is 0. The molecule has 0 amide bonds. The molecule has 1 aliphatic rings. The van der Waals surface area contributed by atoms with Gasteiger partial charge in [0.15, 0.2) is 0 Å². The van der Waals surface area contributed by atoms with Gasteiger partial charge in [-0.1, -0.05) is 36.4 Å². The van der Waals surface area contributed by atoms with E-state index >= 15 is 0 Å². The van der Waals surface area contributed by atoms with Crippen molar-refractivity contribution in [1.29, 1.82) is 0 Å². The minimum Gasteiger partial charge on any atom is -0.230 e. The quantitative estimate of drug-likeness (QED) is 0.551. The highest BCUT2D eigenvalue weighted by Crippen LogP contribution is 2.13. The summed E-state index contributed by atoms with van der Waals surface area (Å²) < 4.78 is 0. The summed E-state index contributed by atoms with van der Waals surface area (Å²) in [6.07, 6.45) is 0.620. The van der Waals surface area contributed by atoms with E-state index in [0.717, 1.165) is 0 Å². The predicted molar refractivity (Wildman–Crippen MR) is 47.5 cm³/mol. The van der Waals surface area contributed by atoms with Crippen LogP contribution in [0.15, 0.2) is 36.4 Å². The van der Waals surface area contributed by atoms with Gasteiger partial charge in [0.2, 0.25) is 0 Å². The molecule has 2 atom stereocenters. The molecule has 0 aromatic heterocycles. The Morgan fingerprint density at radius 2 is 0.917 bits per heavy atom. The molecule has 0 bridgehead atoms. The third kappa shape index (κ3) is 3.03. The van der Waals surface area contributed by atoms with Gasteiger partial charge in [0, 0.05) is 0 Å². The van der Waals surface area contributed by atoms with E-state index in [1.54, 1.807) is 0 Å². The number of hydrogen-bond donors (Lipinski definition) is 0. The summed E-state index contributed by atoms with van der Waals surface area (Å²) in [4.78, 5) is 9.09. The Kier molecular flexibility index (Phi) is 3.77. The molecular weight excluding hydrogens is 152 g/mol. The van der Waals surface area contributed by atoms with Gasteiger partial charge in [0.1, 0.15) is 12.2 Å².